The lowest BCUT2D eigenvalue weighted by Crippen LogP contribution is -2.61. The molecule has 0 bridgehead atoms. The van der Waals surface area contributed by atoms with Crippen molar-refractivity contribution >= 4 is 12.4 Å². The van der Waals surface area contributed by atoms with Gasteiger partial charge in [0.25, 0.3) is 0 Å². The molecule has 5 rings (SSSR count). The Hall–Kier alpha value is -2.70. The van der Waals surface area contributed by atoms with Gasteiger partial charge in [-0.2, -0.15) is 0 Å². The second kappa shape index (κ2) is 22.6. The van der Waals surface area contributed by atoms with Gasteiger partial charge in [0.15, 0.2) is 23.9 Å². The summed E-state index contributed by atoms with van der Waals surface area (Å²) in [5.41, 5.74) is 7.84. The largest absolute Gasteiger partial charge is 0.704 e. The monoisotopic (exact) mass is 785 g/mol. The predicted molar refractivity (Wildman–Crippen MR) is 242 cm³/mol. The van der Waals surface area contributed by atoms with Crippen molar-refractivity contribution in [1.29, 1.82) is 0 Å². The molecule has 0 amide bonds. The molecular formula is C51H84N4O2+2. The van der Waals surface area contributed by atoms with E-state index in [1.54, 1.807) is 0 Å². The van der Waals surface area contributed by atoms with Gasteiger partial charge in [-0.3, -0.25) is 0 Å². The van der Waals surface area contributed by atoms with Gasteiger partial charge in [-0.05, 0) is 157 Å². The van der Waals surface area contributed by atoms with Crippen LogP contribution >= 0.6 is 0 Å². The maximum atomic E-state index is 7.47. The first-order valence-electron chi connectivity index (χ1n) is 24.1. The Bertz CT molecular complexity index is 1590. The van der Waals surface area contributed by atoms with Crippen LogP contribution in [0.3, 0.4) is 0 Å². The molecule has 6 heteroatoms. The molecule has 0 aliphatic carbocycles. The lowest BCUT2D eigenvalue weighted by molar-refractivity contribution is -0.867. The van der Waals surface area contributed by atoms with Crippen LogP contribution in [0.25, 0.3) is 0 Å². The number of aryl methyl sites for hydroxylation is 4. The van der Waals surface area contributed by atoms with Crippen molar-refractivity contribution in [1.82, 2.24) is 9.80 Å². The van der Waals surface area contributed by atoms with Crippen molar-refractivity contribution in [2.75, 3.05) is 45.8 Å². The lowest BCUT2D eigenvalue weighted by atomic mass is 9.96. The average molecular weight is 785 g/mol. The van der Waals surface area contributed by atoms with Crippen molar-refractivity contribution < 1.29 is 18.6 Å². The standard InChI is InChI=1S/C51H84N4O2/c1-9-15-21-27-44-35-42(25-16-10-2)38-47-40-55-50(7,8)41-54-39-46-37-43(26-24-34-53(31-19-13-5)32-20-14-6)36-45(48(46)56-51(54,55)57-49(44)47)28-22-23-33-52(29-17-11-3)30-18-12-4/h35-40H,9-34,41H2,1-8H3/q+2. The number of ether oxygens (including phenoxy) is 2. The van der Waals surface area contributed by atoms with E-state index in [0.29, 0.717) is 0 Å². The van der Waals surface area contributed by atoms with Gasteiger partial charge in [-0.15, -0.1) is 0 Å². The topological polar surface area (TPSA) is 31.0 Å². The minimum atomic E-state index is -1.03. The number of hydrogen-bond donors (Lipinski definition) is 0. The van der Waals surface area contributed by atoms with Crippen molar-refractivity contribution in [2.24, 2.45) is 0 Å². The zero-order valence-electron chi connectivity index (χ0n) is 38.2. The number of fused-ring (bicyclic) bond motifs is 2. The number of unbranched alkanes of at least 4 members (excludes halogenated alkanes) is 8. The van der Waals surface area contributed by atoms with Crippen LogP contribution in [0.1, 0.15) is 192 Å². The third-order valence-corrected chi connectivity index (χ3v) is 12.7. The Morgan fingerprint density at radius 1 is 0.491 bits per heavy atom. The van der Waals surface area contributed by atoms with E-state index < -0.39 is 6.03 Å². The minimum Gasteiger partial charge on any atom is -0.340 e. The van der Waals surface area contributed by atoms with Crippen LogP contribution in [0.15, 0.2) is 24.3 Å². The Labute approximate surface area is 350 Å². The highest BCUT2D eigenvalue weighted by Crippen LogP contribution is 2.45. The van der Waals surface area contributed by atoms with Crippen LogP contribution in [0.5, 0.6) is 11.5 Å². The van der Waals surface area contributed by atoms with Crippen LogP contribution in [0.4, 0.5) is 0 Å². The molecule has 0 saturated carbocycles. The number of rotatable bonds is 28. The maximum Gasteiger partial charge on any atom is 0.704 e. The highest BCUT2D eigenvalue weighted by atomic mass is 16.7. The van der Waals surface area contributed by atoms with E-state index in [4.69, 9.17) is 9.47 Å². The summed E-state index contributed by atoms with van der Waals surface area (Å²) in [6.07, 6.45) is 28.9. The molecule has 0 N–H and O–H groups in total. The second-order valence-corrected chi connectivity index (χ2v) is 18.4. The SMILES string of the molecule is CCCCCc1cc(CCCC)cc2c1OC13Oc4c(cc(CCCN(CCCC)CCCC)cc4CCCCN(CCCC)CCCC)C=[N+]1CC(C)(C)[N+]3=C2. The van der Waals surface area contributed by atoms with Crippen LogP contribution < -0.4 is 9.47 Å². The van der Waals surface area contributed by atoms with Crippen molar-refractivity contribution in [3.05, 3.63) is 57.6 Å². The van der Waals surface area contributed by atoms with E-state index >= 15 is 0 Å². The summed E-state index contributed by atoms with van der Waals surface area (Å²) in [4.78, 5) is 5.43. The molecule has 2 aromatic carbocycles. The summed E-state index contributed by atoms with van der Waals surface area (Å²) in [5, 5.41) is 0. The number of benzene rings is 2. The molecule has 3 aliphatic rings. The van der Waals surface area contributed by atoms with Gasteiger partial charge in [-0.1, -0.05) is 108 Å². The van der Waals surface area contributed by atoms with Gasteiger partial charge in [0.1, 0.15) is 0 Å². The lowest BCUT2D eigenvalue weighted by Gasteiger charge is -2.30. The first kappa shape index (κ1) is 45.4. The minimum absolute atomic E-state index is 0.179. The zero-order chi connectivity index (χ0) is 40.7. The highest BCUT2D eigenvalue weighted by molar-refractivity contribution is 5.84. The smallest absolute Gasteiger partial charge is 0.340 e. The fourth-order valence-electron chi connectivity index (χ4n) is 9.27. The van der Waals surface area contributed by atoms with Crippen molar-refractivity contribution in [3.8, 4) is 11.5 Å². The molecule has 2 aromatic rings. The fraction of sp³-hybridized carbons (Fsp3) is 0.725. The summed E-state index contributed by atoms with van der Waals surface area (Å²) < 4.78 is 19.6. The third-order valence-electron chi connectivity index (χ3n) is 12.7. The molecule has 1 fully saturated rings. The molecule has 1 spiro atoms. The Morgan fingerprint density at radius 2 is 0.930 bits per heavy atom. The normalized spacial score (nSPS) is 17.8. The van der Waals surface area contributed by atoms with E-state index in [-0.39, 0.29) is 5.54 Å². The molecule has 0 aromatic heterocycles. The number of nitrogens with zero attached hydrogens (tertiary/aromatic N) is 4. The van der Waals surface area contributed by atoms with Gasteiger partial charge >= 0.3 is 6.03 Å². The molecule has 57 heavy (non-hydrogen) atoms. The molecule has 3 heterocycles. The van der Waals surface area contributed by atoms with Crippen molar-refractivity contribution in [3.63, 3.8) is 0 Å². The van der Waals surface area contributed by atoms with E-state index in [9.17, 15) is 0 Å². The van der Waals surface area contributed by atoms with E-state index in [0.717, 1.165) is 43.7 Å². The Kier molecular flexibility index (Phi) is 18.0. The Morgan fingerprint density at radius 3 is 1.44 bits per heavy atom. The van der Waals surface area contributed by atoms with Gasteiger partial charge in [0.2, 0.25) is 12.1 Å². The quantitative estimate of drug-likeness (QED) is 0.0635. The number of hydrogen-bond acceptors (Lipinski definition) is 4. The molecule has 3 aliphatic heterocycles. The maximum absolute atomic E-state index is 7.47. The summed E-state index contributed by atoms with van der Waals surface area (Å²) in [6.45, 7) is 26.7. The van der Waals surface area contributed by atoms with E-state index in [1.165, 1.54) is 175 Å². The molecule has 0 radical (unpaired) electrons. The van der Waals surface area contributed by atoms with Gasteiger partial charge in [0, 0.05) is 13.8 Å². The van der Waals surface area contributed by atoms with E-state index in [1.807, 2.05) is 0 Å². The summed E-state index contributed by atoms with van der Waals surface area (Å²) in [6, 6.07) is 8.77. The second-order valence-electron chi connectivity index (χ2n) is 18.4. The molecule has 1 saturated heterocycles. The summed E-state index contributed by atoms with van der Waals surface area (Å²) in [5.74, 6) is 2.05. The van der Waals surface area contributed by atoms with Crippen LogP contribution in [-0.4, -0.2) is 88.8 Å². The van der Waals surface area contributed by atoms with Gasteiger partial charge in [0.05, 0.1) is 11.1 Å². The average Bonchev–Trinajstić information content (AvgIpc) is 3.43. The first-order chi connectivity index (χ1) is 27.7. The predicted octanol–water partition coefficient (Wildman–Crippen LogP) is 11.6. The molecule has 1 unspecified atom stereocenters. The van der Waals surface area contributed by atoms with Crippen LogP contribution in [0.2, 0.25) is 0 Å². The summed E-state index contributed by atoms with van der Waals surface area (Å²) in [7, 11) is 0. The van der Waals surface area contributed by atoms with Gasteiger partial charge < -0.3 is 19.3 Å². The van der Waals surface area contributed by atoms with E-state index in [2.05, 4.69) is 111 Å². The third kappa shape index (κ3) is 12.0. The Balaban J connectivity index is 1.47. The van der Waals surface area contributed by atoms with Crippen LogP contribution in [-0.2, 0) is 25.7 Å². The highest BCUT2D eigenvalue weighted by Gasteiger charge is 2.75. The zero-order valence-corrected chi connectivity index (χ0v) is 38.2. The molecule has 1 atom stereocenters. The van der Waals surface area contributed by atoms with Crippen LogP contribution in [0, 0.1) is 0 Å². The molecular weight excluding hydrogens is 701 g/mol. The first-order valence-corrected chi connectivity index (χ1v) is 24.1. The summed E-state index contributed by atoms with van der Waals surface area (Å²) >= 11 is 0. The molecule has 6 nitrogen and oxygen atoms in total. The van der Waals surface area contributed by atoms with Gasteiger partial charge in [-0.25, -0.2) is 0 Å². The fourth-order valence-corrected chi connectivity index (χ4v) is 9.27. The molecule has 318 valence electrons. The van der Waals surface area contributed by atoms with Crippen molar-refractivity contribution in [2.45, 2.75) is 195 Å².